The topological polar surface area (TPSA) is 3.88 Å². The second-order valence-corrected chi connectivity index (χ2v) is 5.74. The van der Waals surface area contributed by atoms with Crippen LogP contribution in [-0.4, -0.2) is 14.5 Å². The van der Waals surface area contributed by atoms with Crippen LogP contribution in [-0.2, 0) is 7.05 Å². The summed E-state index contributed by atoms with van der Waals surface area (Å²) in [4.78, 5) is 0. The minimum atomic E-state index is 0.567. The summed E-state index contributed by atoms with van der Waals surface area (Å²) in [7, 11) is 2.16. The number of aromatic nitrogens is 1. The fourth-order valence-electron chi connectivity index (χ4n) is 1.37. The molecule has 0 amide bonds. The second-order valence-electron chi connectivity index (χ2n) is 3.15. The summed E-state index contributed by atoms with van der Waals surface area (Å²) in [6.07, 6.45) is 0. The van der Waals surface area contributed by atoms with E-state index < -0.39 is 0 Å². The van der Waals surface area contributed by atoms with E-state index >= 15 is 0 Å². The van der Waals surface area contributed by atoms with Crippen LogP contribution in [0.25, 0.3) is 9.78 Å². The third-order valence-corrected chi connectivity index (χ3v) is 4.59. The Balaban J connectivity index is 2.88. The van der Waals surface area contributed by atoms with Gasteiger partial charge in [-0.1, -0.05) is 0 Å². The van der Waals surface area contributed by atoms with Crippen molar-refractivity contribution in [2.75, 3.05) is 0 Å². The van der Waals surface area contributed by atoms with Gasteiger partial charge in [0.05, 0.1) is 0 Å². The number of hydrogen-bond acceptors (Lipinski definition) is 0. The summed E-state index contributed by atoms with van der Waals surface area (Å²) < 4.78 is 5.33. The second kappa shape index (κ2) is 2.72. The van der Waals surface area contributed by atoms with Crippen molar-refractivity contribution in [3.63, 3.8) is 0 Å². The van der Waals surface area contributed by atoms with E-state index in [1.54, 1.807) is 0 Å². The molecule has 1 aromatic heterocycles. The van der Waals surface area contributed by atoms with Crippen LogP contribution >= 0.6 is 0 Å². The van der Waals surface area contributed by atoms with E-state index in [1.807, 2.05) is 0 Å². The van der Waals surface area contributed by atoms with E-state index in [4.69, 9.17) is 0 Å². The molecule has 2 heteroatoms. The van der Waals surface area contributed by atoms with Crippen LogP contribution in [0, 0.1) is 13.8 Å². The van der Waals surface area contributed by atoms with Gasteiger partial charge in [-0.05, 0) is 0 Å². The van der Waals surface area contributed by atoms with Gasteiger partial charge in [-0.25, -0.2) is 0 Å². The summed E-state index contributed by atoms with van der Waals surface area (Å²) in [5.41, 5.74) is 2.76. The number of nitrogens with zero attached hydrogens (tertiary/aromatic N) is 1. The number of hydrogen-bond donors (Lipinski definition) is 0. The molecule has 0 aliphatic carbocycles. The number of fused-ring (bicyclic) bond motifs is 1. The van der Waals surface area contributed by atoms with Gasteiger partial charge in [-0.2, -0.15) is 0 Å². The zero-order valence-electron chi connectivity index (χ0n) is 7.59. The quantitative estimate of drug-likeness (QED) is 0.470. The zero-order valence-corrected chi connectivity index (χ0v) is 9.30. The Bertz CT molecular complexity index is 429. The summed E-state index contributed by atoms with van der Waals surface area (Å²) in [5.74, 6) is 0. The molecule has 12 heavy (non-hydrogen) atoms. The van der Waals surface area contributed by atoms with Gasteiger partial charge in [0.25, 0.3) is 0 Å². The molecule has 0 unspecified atom stereocenters. The molecule has 1 aromatic carbocycles. The van der Waals surface area contributed by atoms with Crippen molar-refractivity contribution in [3.8, 4) is 0 Å². The first-order valence-electron chi connectivity index (χ1n) is 4.04. The summed E-state index contributed by atoms with van der Waals surface area (Å²) in [6, 6.07) is 6.73. The van der Waals surface area contributed by atoms with E-state index in [0.717, 1.165) is 0 Å². The molecule has 0 bridgehead atoms. The average molecular weight is 225 g/mol. The molecule has 2 aromatic rings. The third-order valence-electron chi connectivity index (χ3n) is 2.21. The predicted molar refractivity (Wildman–Crippen MR) is 51.5 cm³/mol. The maximum absolute atomic E-state index is 2.31. The van der Waals surface area contributed by atoms with E-state index in [9.17, 15) is 0 Å². The van der Waals surface area contributed by atoms with Crippen molar-refractivity contribution < 1.29 is 4.57 Å². The van der Waals surface area contributed by atoms with Crippen molar-refractivity contribution in [2.24, 2.45) is 7.05 Å². The summed E-state index contributed by atoms with van der Waals surface area (Å²) >= 11 is 0.567. The van der Waals surface area contributed by atoms with Gasteiger partial charge in [0.2, 0.25) is 0 Å². The first-order valence-corrected chi connectivity index (χ1v) is 5.75. The van der Waals surface area contributed by atoms with E-state index in [2.05, 4.69) is 43.7 Å². The van der Waals surface area contributed by atoms with Gasteiger partial charge in [0.15, 0.2) is 0 Å². The summed E-state index contributed by atoms with van der Waals surface area (Å²) in [6.45, 7) is 4.37. The fraction of sp³-hybridized carbons (Fsp3) is 0.300. The van der Waals surface area contributed by atoms with Crippen LogP contribution in [0.1, 0.15) is 10.1 Å². The number of benzene rings is 1. The first-order chi connectivity index (χ1) is 5.68. The monoisotopic (exact) mass is 226 g/mol. The van der Waals surface area contributed by atoms with Crippen molar-refractivity contribution in [2.45, 2.75) is 13.8 Å². The third kappa shape index (κ3) is 1.12. The van der Waals surface area contributed by atoms with E-state index in [1.165, 1.54) is 19.9 Å². The molecule has 2 rings (SSSR count). The molecule has 1 nitrogen and oxygen atoms in total. The Hall–Kier alpha value is -0.591. The van der Waals surface area contributed by atoms with E-state index in [-0.39, 0.29) is 0 Å². The van der Waals surface area contributed by atoms with Gasteiger partial charge in [0.1, 0.15) is 0 Å². The molecule has 0 aliphatic rings. The normalized spacial score (nSPS) is 10.9. The van der Waals surface area contributed by atoms with Crippen LogP contribution in [0.4, 0.5) is 0 Å². The summed E-state index contributed by atoms with van der Waals surface area (Å²) in [5, 5.41) is 0. The van der Waals surface area contributed by atoms with Crippen LogP contribution < -0.4 is 4.57 Å². The molecule has 0 fully saturated rings. The Morgan fingerprint density at radius 2 is 2.00 bits per heavy atom. The molecule has 0 spiro atoms. The number of rotatable bonds is 0. The molecule has 0 atom stereocenters. The Kier molecular flexibility index (Phi) is 1.82. The molecular weight excluding hydrogens is 213 g/mol. The number of aryl methyl sites for hydroxylation is 3. The van der Waals surface area contributed by atoms with Gasteiger partial charge >= 0.3 is 78.1 Å². The van der Waals surface area contributed by atoms with E-state index in [0.29, 0.717) is 14.5 Å². The van der Waals surface area contributed by atoms with Gasteiger partial charge in [-0.15, -0.1) is 0 Å². The van der Waals surface area contributed by atoms with Gasteiger partial charge in [-0.3, -0.25) is 0 Å². The van der Waals surface area contributed by atoms with Crippen molar-refractivity contribution in [3.05, 3.63) is 28.3 Å². The molecule has 0 aliphatic heterocycles. The molecule has 62 valence electrons. The minimum absolute atomic E-state index is 0.567. The fourth-order valence-corrected chi connectivity index (χ4v) is 3.45. The van der Waals surface area contributed by atoms with Gasteiger partial charge < -0.3 is 0 Å². The van der Waals surface area contributed by atoms with Crippen molar-refractivity contribution >= 4 is 24.3 Å². The molecule has 0 saturated carbocycles. The van der Waals surface area contributed by atoms with Crippen LogP contribution in [0.5, 0.6) is 0 Å². The van der Waals surface area contributed by atoms with Crippen molar-refractivity contribution in [1.82, 2.24) is 0 Å². The van der Waals surface area contributed by atoms with Crippen LogP contribution in [0.15, 0.2) is 18.2 Å². The SMILES string of the molecule is Cc1ccc2[se]c(C)[n+](C)c2c1. The van der Waals surface area contributed by atoms with Crippen molar-refractivity contribution in [1.29, 1.82) is 0 Å². The molecule has 0 radical (unpaired) electrons. The maximum atomic E-state index is 2.31. The predicted octanol–water partition coefficient (Wildman–Crippen LogP) is 1.34. The average Bonchev–Trinajstić information content (AvgIpc) is 2.31. The Labute approximate surface area is 78.4 Å². The van der Waals surface area contributed by atoms with Gasteiger partial charge in [0, 0.05) is 0 Å². The molecule has 1 heterocycles. The Morgan fingerprint density at radius 1 is 1.25 bits per heavy atom. The van der Waals surface area contributed by atoms with Crippen LogP contribution in [0.3, 0.4) is 0 Å². The molecule has 0 N–H and O–H groups in total. The Morgan fingerprint density at radius 3 is 2.75 bits per heavy atom. The molecule has 0 saturated heterocycles. The molecular formula is C10H12NSe+. The first kappa shape index (κ1) is 8.03. The van der Waals surface area contributed by atoms with Crippen LogP contribution in [0.2, 0.25) is 0 Å². The zero-order chi connectivity index (χ0) is 8.72. The standard InChI is InChI=1S/C10H12NSe/c1-7-4-5-10-9(6-7)11(3)8(2)12-10/h4-6H,1-3H3/q+1.